The monoisotopic (exact) mass is 449 g/mol. The molecular formula is C23H27N7OS. The summed E-state index contributed by atoms with van der Waals surface area (Å²) < 4.78 is 3.92. The zero-order valence-electron chi connectivity index (χ0n) is 19.0. The number of amides is 1. The first-order chi connectivity index (χ1) is 15.3. The highest BCUT2D eigenvalue weighted by Gasteiger charge is 2.17. The van der Waals surface area contributed by atoms with E-state index in [1.54, 1.807) is 12.5 Å². The maximum absolute atomic E-state index is 12.5. The highest BCUT2D eigenvalue weighted by atomic mass is 32.2. The van der Waals surface area contributed by atoms with Gasteiger partial charge in [0.05, 0.1) is 23.8 Å². The molecule has 1 amide bonds. The van der Waals surface area contributed by atoms with E-state index in [2.05, 4.69) is 58.4 Å². The molecule has 0 fully saturated rings. The van der Waals surface area contributed by atoms with Gasteiger partial charge in [0.25, 0.3) is 0 Å². The van der Waals surface area contributed by atoms with Gasteiger partial charge in [-0.05, 0) is 36.1 Å². The average Bonchev–Trinajstić information content (AvgIpc) is 3.35. The number of thioether (sulfide) groups is 1. The zero-order valence-corrected chi connectivity index (χ0v) is 19.8. The molecule has 0 aliphatic rings. The van der Waals surface area contributed by atoms with Crippen molar-refractivity contribution in [2.24, 2.45) is 7.05 Å². The Morgan fingerprint density at radius 1 is 1.12 bits per heavy atom. The Balaban J connectivity index is 1.45. The van der Waals surface area contributed by atoms with E-state index in [0.29, 0.717) is 17.5 Å². The molecule has 1 aromatic carbocycles. The van der Waals surface area contributed by atoms with Crippen LogP contribution in [0.2, 0.25) is 0 Å². The molecule has 3 heterocycles. The summed E-state index contributed by atoms with van der Waals surface area (Å²) >= 11 is 1.36. The molecule has 0 radical (unpaired) electrons. The van der Waals surface area contributed by atoms with Gasteiger partial charge in [0.1, 0.15) is 11.2 Å². The van der Waals surface area contributed by atoms with Gasteiger partial charge < -0.3 is 14.5 Å². The second kappa shape index (κ2) is 8.74. The number of hydrogen-bond donors (Lipinski definition) is 1. The average molecular weight is 450 g/mol. The molecule has 32 heavy (non-hydrogen) atoms. The van der Waals surface area contributed by atoms with Gasteiger partial charge in [-0.15, -0.1) is 10.2 Å². The van der Waals surface area contributed by atoms with Crippen molar-refractivity contribution in [1.82, 2.24) is 29.3 Å². The molecule has 0 spiro atoms. The first-order valence-electron chi connectivity index (χ1n) is 10.5. The second-order valence-electron chi connectivity index (χ2n) is 8.63. The first kappa shape index (κ1) is 22.0. The maximum atomic E-state index is 12.5. The van der Waals surface area contributed by atoms with Gasteiger partial charge in [0, 0.05) is 19.3 Å². The van der Waals surface area contributed by atoms with E-state index in [9.17, 15) is 4.79 Å². The van der Waals surface area contributed by atoms with Crippen LogP contribution in [0.4, 0.5) is 5.69 Å². The summed E-state index contributed by atoms with van der Waals surface area (Å²) in [6, 6.07) is 9.94. The third-order valence-corrected chi connectivity index (χ3v) is 6.21. The molecule has 9 heteroatoms. The number of nitrogens with one attached hydrogen (secondary N) is 1. The third kappa shape index (κ3) is 4.52. The van der Waals surface area contributed by atoms with Gasteiger partial charge >= 0.3 is 0 Å². The van der Waals surface area contributed by atoms with E-state index in [0.717, 1.165) is 22.4 Å². The number of aryl methyl sites for hydroxylation is 1. The molecule has 0 bridgehead atoms. The van der Waals surface area contributed by atoms with E-state index in [-0.39, 0.29) is 17.1 Å². The van der Waals surface area contributed by atoms with Crippen LogP contribution in [0, 0.1) is 0 Å². The zero-order chi connectivity index (χ0) is 22.9. The number of anilines is 1. The van der Waals surface area contributed by atoms with Crippen molar-refractivity contribution in [3.63, 3.8) is 0 Å². The number of aromatic nitrogens is 6. The summed E-state index contributed by atoms with van der Waals surface area (Å²) in [5, 5.41) is 12.3. The van der Waals surface area contributed by atoms with Crippen LogP contribution < -0.4 is 5.32 Å². The number of carbonyl (C=O) groups excluding carboxylic acids is 1. The molecule has 166 valence electrons. The molecule has 0 aliphatic carbocycles. The predicted octanol–water partition coefficient (Wildman–Crippen LogP) is 4.28. The number of benzene rings is 1. The first-order valence-corrected chi connectivity index (χ1v) is 11.5. The Morgan fingerprint density at radius 3 is 2.56 bits per heavy atom. The predicted molar refractivity (Wildman–Crippen MR) is 128 cm³/mol. The smallest absolute Gasteiger partial charge is 0.234 e. The molecule has 4 aromatic rings. The number of nitrogens with zero attached hydrogens (tertiary/aromatic N) is 6. The molecule has 0 atom stereocenters. The van der Waals surface area contributed by atoms with Crippen LogP contribution in [0.15, 0.2) is 48.0 Å². The van der Waals surface area contributed by atoms with Gasteiger partial charge in [-0.3, -0.25) is 9.78 Å². The highest BCUT2D eigenvalue weighted by Crippen LogP contribution is 2.26. The van der Waals surface area contributed by atoms with Crippen molar-refractivity contribution < 1.29 is 4.79 Å². The van der Waals surface area contributed by atoms with E-state index < -0.39 is 0 Å². The lowest BCUT2D eigenvalue weighted by atomic mass is 9.87. The minimum Gasteiger partial charge on any atom is -0.334 e. The van der Waals surface area contributed by atoms with Crippen LogP contribution in [-0.2, 0) is 23.8 Å². The summed E-state index contributed by atoms with van der Waals surface area (Å²) in [5.41, 5.74) is 4.63. The number of carbonyl (C=O) groups is 1. The van der Waals surface area contributed by atoms with Crippen molar-refractivity contribution >= 4 is 34.4 Å². The Kier molecular flexibility index (Phi) is 6.01. The maximum Gasteiger partial charge on any atom is 0.234 e. The SMILES string of the molecule is CCn1c(SCC(=O)Nc2ccc(C(C)(C)C)cc2)nnc1-c1cc2c(cn1)ncn2C. The Morgan fingerprint density at radius 2 is 1.88 bits per heavy atom. The summed E-state index contributed by atoms with van der Waals surface area (Å²) in [4.78, 5) is 21.3. The minimum absolute atomic E-state index is 0.0798. The van der Waals surface area contributed by atoms with Crippen molar-refractivity contribution in [3.05, 3.63) is 48.4 Å². The third-order valence-electron chi connectivity index (χ3n) is 5.24. The van der Waals surface area contributed by atoms with Crippen LogP contribution in [0.3, 0.4) is 0 Å². The lowest BCUT2D eigenvalue weighted by Gasteiger charge is -2.19. The Hall–Kier alpha value is -3.20. The number of rotatable bonds is 6. The quantitative estimate of drug-likeness (QED) is 0.442. The van der Waals surface area contributed by atoms with Crippen LogP contribution >= 0.6 is 11.8 Å². The molecule has 3 aromatic heterocycles. The largest absolute Gasteiger partial charge is 0.334 e. The normalized spacial score (nSPS) is 11.8. The number of fused-ring (bicyclic) bond motifs is 1. The van der Waals surface area contributed by atoms with Gasteiger partial charge in [0.2, 0.25) is 5.91 Å². The Bertz CT molecular complexity index is 1250. The molecule has 0 saturated carbocycles. The standard InChI is InChI=1S/C23H27N7OS/c1-6-30-21(17-11-19-18(12-24-17)25-14-29(19)5)27-28-22(30)32-13-20(31)26-16-9-7-15(8-10-16)23(2,3)4/h7-12,14H,6,13H2,1-5H3,(H,26,31). The van der Waals surface area contributed by atoms with Crippen LogP contribution in [0.1, 0.15) is 33.3 Å². The van der Waals surface area contributed by atoms with E-state index in [1.807, 2.05) is 41.3 Å². The summed E-state index contributed by atoms with van der Waals surface area (Å²) in [6.07, 6.45) is 3.50. The summed E-state index contributed by atoms with van der Waals surface area (Å²) in [7, 11) is 1.94. The van der Waals surface area contributed by atoms with E-state index >= 15 is 0 Å². The van der Waals surface area contributed by atoms with Gasteiger partial charge in [0.15, 0.2) is 11.0 Å². The molecule has 0 unspecified atom stereocenters. The topological polar surface area (TPSA) is 90.5 Å². The van der Waals surface area contributed by atoms with Crippen molar-refractivity contribution in [1.29, 1.82) is 0 Å². The lowest BCUT2D eigenvalue weighted by molar-refractivity contribution is -0.113. The second-order valence-corrected chi connectivity index (χ2v) is 9.57. The minimum atomic E-state index is -0.0832. The highest BCUT2D eigenvalue weighted by molar-refractivity contribution is 7.99. The van der Waals surface area contributed by atoms with Crippen molar-refractivity contribution in [2.45, 2.75) is 44.8 Å². The van der Waals surface area contributed by atoms with Crippen molar-refractivity contribution in [2.75, 3.05) is 11.1 Å². The van der Waals surface area contributed by atoms with Crippen molar-refractivity contribution in [3.8, 4) is 11.5 Å². The fourth-order valence-electron chi connectivity index (χ4n) is 3.40. The molecule has 8 nitrogen and oxygen atoms in total. The molecule has 4 rings (SSSR count). The Labute approximate surface area is 191 Å². The number of hydrogen-bond acceptors (Lipinski definition) is 6. The van der Waals surface area contributed by atoms with E-state index in [4.69, 9.17) is 0 Å². The van der Waals surface area contributed by atoms with Crippen LogP contribution in [0.25, 0.3) is 22.6 Å². The molecule has 1 N–H and O–H groups in total. The van der Waals surface area contributed by atoms with Gasteiger partial charge in [-0.25, -0.2) is 4.98 Å². The van der Waals surface area contributed by atoms with E-state index in [1.165, 1.54) is 17.3 Å². The van der Waals surface area contributed by atoms with Gasteiger partial charge in [-0.1, -0.05) is 44.7 Å². The fourth-order valence-corrected chi connectivity index (χ4v) is 4.21. The lowest BCUT2D eigenvalue weighted by Crippen LogP contribution is -2.15. The fraction of sp³-hybridized carbons (Fsp3) is 0.348. The molecule has 0 aliphatic heterocycles. The molecule has 0 saturated heterocycles. The van der Waals surface area contributed by atoms with Gasteiger partial charge in [-0.2, -0.15) is 0 Å². The summed E-state index contributed by atoms with van der Waals surface area (Å²) in [6.45, 7) is 9.20. The molecular weight excluding hydrogens is 422 g/mol. The van der Waals surface area contributed by atoms with Crippen LogP contribution in [0.5, 0.6) is 0 Å². The number of pyridine rings is 1. The summed E-state index contributed by atoms with van der Waals surface area (Å²) in [5.74, 6) is 0.837. The van der Waals surface area contributed by atoms with Crippen LogP contribution in [-0.4, -0.2) is 41.0 Å². The number of imidazole rings is 1.